The third-order valence-electron chi connectivity index (χ3n) is 4.55. The Balaban J connectivity index is 2.14. The molecule has 0 aromatic heterocycles. The van der Waals surface area contributed by atoms with Crippen molar-refractivity contribution in [3.8, 4) is 11.5 Å². The van der Waals surface area contributed by atoms with E-state index >= 15 is 0 Å². The second-order valence-corrected chi connectivity index (χ2v) is 6.19. The van der Waals surface area contributed by atoms with Gasteiger partial charge in [-0.05, 0) is 25.8 Å². The van der Waals surface area contributed by atoms with Crippen LogP contribution in [0.1, 0.15) is 38.7 Å². The highest BCUT2D eigenvalue weighted by atomic mass is 19.3. The van der Waals surface area contributed by atoms with Crippen LogP contribution in [0.4, 0.5) is 8.78 Å². The average molecular weight is 329 g/mol. The third-order valence-corrected chi connectivity index (χ3v) is 4.55. The number of hydrogen-bond donors (Lipinski definition) is 2. The zero-order valence-electron chi connectivity index (χ0n) is 13.6. The first-order chi connectivity index (χ1) is 11.0. The molecule has 2 rings (SSSR count). The van der Waals surface area contributed by atoms with Gasteiger partial charge in [-0.25, -0.2) is 0 Å². The Morgan fingerprint density at radius 2 is 2.22 bits per heavy atom. The Morgan fingerprint density at radius 1 is 1.43 bits per heavy atom. The highest BCUT2D eigenvalue weighted by molar-refractivity contribution is 5.46. The first kappa shape index (κ1) is 17.9. The van der Waals surface area contributed by atoms with Crippen molar-refractivity contribution >= 4 is 0 Å². The van der Waals surface area contributed by atoms with Gasteiger partial charge >= 0.3 is 6.61 Å². The number of nitrogens with one attached hydrogen (secondary N) is 1. The van der Waals surface area contributed by atoms with Crippen molar-refractivity contribution in [1.82, 2.24) is 5.32 Å². The van der Waals surface area contributed by atoms with E-state index in [4.69, 9.17) is 4.74 Å². The molecule has 130 valence electrons. The lowest BCUT2D eigenvalue weighted by Crippen LogP contribution is -2.41. The van der Waals surface area contributed by atoms with Gasteiger partial charge in [0, 0.05) is 30.2 Å². The number of halogens is 2. The summed E-state index contributed by atoms with van der Waals surface area (Å²) >= 11 is 0. The molecule has 2 atom stereocenters. The van der Waals surface area contributed by atoms with E-state index in [1.807, 2.05) is 6.92 Å². The van der Waals surface area contributed by atoms with E-state index in [0.29, 0.717) is 24.5 Å². The zero-order chi connectivity index (χ0) is 16.9. The van der Waals surface area contributed by atoms with Crippen LogP contribution in [0.25, 0.3) is 0 Å². The molecule has 1 aliphatic carbocycles. The molecule has 0 amide bonds. The number of rotatable bonds is 8. The summed E-state index contributed by atoms with van der Waals surface area (Å²) in [6.07, 6.45) is 2.97. The molecule has 1 aromatic carbocycles. The largest absolute Gasteiger partial charge is 0.490 e. The fourth-order valence-corrected chi connectivity index (χ4v) is 3.20. The van der Waals surface area contributed by atoms with Gasteiger partial charge in [-0.3, -0.25) is 0 Å². The lowest BCUT2D eigenvalue weighted by molar-refractivity contribution is -0.0521. The van der Waals surface area contributed by atoms with Crippen LogP contribution in [0.3, 0.4) is 0 Å². The molecular weight excluding hydrogens is 304 g/mol. The van der Waals surface area contributed by atoms with E-state index < -0.39 is 6.61 Å². The highest BCUT2D eigenvalue weighted by Gasteiger charge is 2.37. The monoisotopic (exact) mass is 329 g/mol. The summed E-state index contributed by atoms with van der Waals surface area (Å²) < 4.78 is 35.5. The van der Waals surface area contributed by atoms with Gasteiger partial charge in [0.05, 0.1) is 6.61 Å². The number of para-hydroxylation sites is 1. The number of hydrogen-bond acceptors (Lipinski definition) is 4. The van der Waals surface area contributed by atoms with Gasteiger partial charge in [0.2, 0.25) is 0 Å². The minimum absolute atomic E-state index is 0.0838. The summed E-state index contributed by atoms with van der Waals surface area (Å²) in [6, 6.07) is 5.29. The molecule has 2 unspecified atom stereocenters. The van der Waals surface area contributed by atoms with E-state index in [1.54, 1.807) is 25.1 Å². The highest BCUT2D eigenvalue weighted by Crippen LogP contribution is 2.38. The van der Waals surface area contributed by atoms with E-state index in [1.165, 1.54) is 0 Å². The minimum Gasteiger partial charge on any atom is -0.490 e. The maximum atomic E-state index is 12.7. The summed E-state index contributed by atoms with van der Waals surface area (Å²) in [4.78, 5) is 0. The molecule has 1 saturated carbocycles. The Kier molecular flexibility index (Phi) is 6.18. The molecule has 0 aliphatic heterocycles. The van der Waals surface area contributed by atoms with Gasteiger partial charge in [-0.2, -0.15) is 8.78 Å². The molecule has 1 aromatic rings. The van der Waals surface area contributed by atoms with Crippen LogP contribution in [0.5, 0.6) is 11.5 Å². The smallest absolute Gasteiger partial charge is 0.387 e. The van der Waals surface area contributed by atoms with Crippen LogP contribution in [-0.4, -0.2) is 31.0 Å². The van der Waals surface area contributed by atoms with Crippen molar-refractivity contribution < 1.29 is 23.4 Å². The molecule has 0 radical (unpaired) electrons. The van der Waals surface area contributed by atoms with Gasteiger partial charge in [0.15, 0.2) is 11.5 Å². The summed E-state index contributed by atoms with van der Waals surface area (Å²) in [5, 5.41) is 13.0. The summed E-state index contributed by atoms with van der Waals surface area (Å²) in [7, 11) is 0. The van der Waals surface area contributed by atoms with Crippen LogP contribution in [-0.2, 0) is 6.54 Å². The Morgan fingerprint density at radius 3 is 2.87 bits per heavy atom. The zero-order valence-corrected chi connectivity index (χ0v) is 13.6. The first-order valence-electron chi connectivity index (χ1n) is 8.04. The maximum Gasteiger partial charge on any atom is 0.387 e. The quantitative estimate of drug-likeness (QED) is 0.768. The first-order valence-corrected chi connectivity index (χ1v) is 8.04. The lowest BCUT2D eigenvalue weighted by atomic mass is 9.85. The molecule has 1 fully saturated rings. The van der Waals surface area contributed by atoms with E-state index in [0.717, 1.165) is 19.3 Å². The van der Waals surface area contributed by atoms with Crippen molar-refractivity contribution in [2.75, 3.05) is 13.2 Å². The van der Waals surface area contributed by atoms with Gasteiger partial charge in [-0.15, -0.1) is 0 Å². The van der Waals surface area contributed by atoms with Gasteiger partial charge < -0.3 is 19.9 Å². The molecule has 23 heavy (non-hydrogen) atoms. The second-order valence-electron chi connectivity index (χ2n) is 6.19. The standard InChI is InChI=1S/C17H25F2NO3/c1-3-22-13-7-4-6-12(15(13)23-16(18)19)10-20-14-8-5-9-17(14,2)11-21/h4,6-7,14,16,20-21H,3,5,8-11H2,1-2H3. The number of alkyl halides is 2. The van der Waals surface area contributed by atoms with Gasteiger partial charge in [-0.1, -0.05) is 25.5 Å². The number of aliphatic hydroxyl groups excluding tert-OH is 1. The number of benzene rings is 1. The van der Waals surface area contributed by atoms with E-state index in [2.05, 4.69) is 10.1 Å². The van der Waals surface area contributed by atoms with Crippen LogP contribution in [0.2, 0.25) is 0 Å². The predicted molar refractivity (Wildman–Crippen MR) is 83.9 cm³/mol. The van der Waals surface area contributed by atoms with E-state index in [9.17, 15) is 13.9 Å². The molecule has 0 bridgehead atoms. The Hall–Kier alpha value is -1.40. The molecule has 0 saturated heterocycles. The predicted octanol–water partition coefficient (Wildman–Crippen LogP) is 3.33. The minimum atomic E-state index is -2.90. The fourth-order valence-electron chi connectivity index (χ4n) is 3.20. The molecule has 4 nitrogen and oxygen atoms in total. The average Bonchev–Trinajstić information content (AvgIpc) is 2.89. The van der Waals surface area contributed by atoms with E-state index in [-0.39, 0.29) is 23.8 Å². The summed E-state index contributed by atoms with van der Waals surface area (Å²) in [5.41, 5.74) is 0.463. The number of ether oxygens (including phenoxy) is 2. The maximum absolute atomic E-state index is 12.7. The molecule has 6 heteroatoms. The molecule has 0 heterocycles. The molecule has 2 N–H and O–H groups in total. The third kappa shape index (κ3) is 4.32. The van der Waals surface area contributed by atoms with Crippen molar-refractivity contribution in [1.29, 1.82) is 0 Å². The summed E-state index contributed by atoms with van der Waals surface area (Å²) in [5.74, 6) is 0.406. The van der Waals surface area contributed by atoms with Gasteiger partial charge in [0.25, 0.3) is 0 Å². The topological polar surface area (TPSA) is 50.7 Å². The molecule has 1 aliphatic rings. The van der Waals surface area contributed by atoms with Crippen LogP contribution in [0, 0.1) is 5.41 Å². The molecular formula is C17H25F2NO3. The van der Waals surface area contributed by atoms with Crippen LogP contribution in [0.15, 0.2) is 18.2 Å². The van der Waals surface area contributed by atoms with Gasteiger partial charge in [0.1, 0.15) is 0 Å². The second kappa shape index (κ2) is 7.93. The lowest BCUT2D eigenvalue weighted by Gasteiger charge is -2.30. The van der Waals surface area contributed by atoms with Crippen molar-refractivity contribution in [2.24, 2.45) is 5.41 Å². The normalized spacial score (nSPS) is 24.2. The van der Waals surface area contributed by atoms with Crippen molar-refractivity contribution in [2.45, 2.75) is 52.3 Å². The fraction of sp³-hybridized carbons (Fsp3) is 0.647. The number of aliphatic hydroxyl groups is 1. The summed E-state index contributed by atoms with van der Waals surface area (Å²) in [6.45, 7) is 1.83. The van der Waals surface area contributed by atoms with Crippen LogP contribution >= 0.6 is 0 Å². The Labute approximate surface area is 135 Å². The van der Waals surface area contributed by atoms with Crippen molar-refractivity contribution in [3.05, 3.63) is 23.8 Å². The SMILES string of the molecule is CCOc1cccc(CNC2CCCC2(C)CO)c1OC(F)F. The van der Waals surface area contributed by atoms with Crippen molar-refractivity contribution in [3.63, 3.8) is 0 Å². The van der Waals surface area contributed by atoms with Crippen LogP contribution < -0.4 is 14.8 Å². The Bertz CT molecular complexity index is 513. The molecule has 0 spiro atoms.